The summed E-state index contributed by atoms with van der Waals surface area (Å²) in [6.45, 7) is 0. The third-order valence-corrected chi connectivity index (χ3v) is 6.04. The number of nitrogens with zero attached hydrogens (tertiary/aromatic N) is 3. The molecule has 3 heterocycles. The largest absolute Gasteiger partial charge is 0.298 e. The first-order valence-electron chi connectivity index (χ1n) is 9.50. The van der Waals surface area contributed by atoms with Gasteiger partial charge in [0.2, 0.25) is 0 Å². The average Bonchev–Trinajstić information content (AvgIpc) is 3.28. The Hall–Kier alpha value is -3.42. The van der Waals surface area contributed by atoms with Crippen LogP contribution in [0.5, 0.6) is 0 Å². The molecule has 0 radical (unpaired) electrons. The molecule has 31 heavy (non-hydrogen) atoms. The molecule has 0 aliphatic heterocycles. The maximum Gasteiger partial charge on any atom is 0.258 e. The molecule has 3 aromatic heterocycles. The second-order valence-corrected chi connectivity index (χ2v) is 8.58. The number of hydrogen-bond donors (Lipinski definition) is 1. The summed E-state index contributed by atoms with van der Waals surface area (Å²) >= 11 is 4.90. The molecule has 0 aliphatic carbocycles. The molecule has 1 N–H and O–H groups in total. The second kappa shape index (κ2) is 8.37. The predicted molar refractivity (Wildman–Crippen MR) is 128 cm³/mol. The Morgan fingerprint density at radius 1 is 0.871 bits per heavy atom. The lowest BCUT2D eigenvalue weighted by Gasteiger charge is -2.10. The number of halogens is 1. The first-order chi connectivity index (χ1) is 15.2. The van der Waals surface area contributed by atoms with E-state index >= 15 is 0 Å². The Balaban J connectivity index is 1.53. The summed E-state index contributed by atoms with van der Waals surface area (Å²) in [7, 11) is 0. The molecule has 0 spiro atoms. The molecule has 0 bridgehead atoms. The van der Waals surface area contributed by atoms with Gasteiger partial charge in [-0.2, -0.15) is 0 Å². The zero-order valence-corrected chi connectivity index (χ0v) is 18.5. The topological polar surface area (TPSA) is 67.8 Å². The number of nitrogens with one attached hydrogen (secondary N) is 1. The number of anilines is 1. The number of carbonyl (C=O) groups excluding carboxylic acids is 1. The Labute approximate surface area is 191 Å². The van der Waals surface area contributed by atoms with Gasteiger partial charge in [-0.05, 0) is 36.4 Å². The highest BCUT2D eigenvalue weighted by molar-refractivity contribution is 9.10. The third kappa shape index (κ3) is 4.10. The summed E-state index contributed by atoms with van der Waals surface area (Å²) in [6, 6.07) is 21.2. The van der Waals surface area contributed by atoms with E-state index in [0.29, 0.717) is 16.4 Å². The molecule has 0 saturated heterocycles. The molecular weight excluding hydrogens is 472 g/mol. The highest BCUT2D eigenvalue weighted by Crippen LogP contribution is 2.29. The van der Waals surface area contributed by atoms with E-state index in [9.17, 15) is 4.79 Å². The highest BCUT2D eigenvalue weighted by Gasteiger charge is 2.16. The van der Waals surface area contributed by atoms with Gasteiger partial charge in [0.05, 0.1) is 22.5 Å². The number of rotatable bonds is 4. The van der Waals surface area contributed by atoms with Gasteiger partial charge in [0.25, 0.3) is 5.91 Å². The highest BCUT2D eigenvalue weighted by atomic mass is 79.9. The fraction of sp³-hybridized carbons (Fsp3) is 0. The van der Waals surface area contributed by atoms with Gasteiger partial charge in [-0.25, -0.2) is 9.97 Å². The Morgan fingerprint density at radius 2 is 1.65 bits per heavy atom. The van der Waals surface area contributed by atoms with E-state index in [0.717, 1.165) is 32.2 Å². The summed E-state index contributed by atoms with van der Waals surface area (Å²) in [5, 5.41) is 6.21. The van der Waals surface area contributed by atoms with Crippen molar-refractivity contribution >= 4 is 49.2 Å². The number of aromatic nitrogens is 3. The third-order valence-electron chi connectivity index (χ3n) is 4.79. The van der Waals surface area contributed by atoms with E-state index in [4.69, 9.17) is 4.98 Å². The fourth-order valence-corrected chi connectivity index (χ4v) is 4.37. The number of amides is 1. The van der Waals surface area contributed by atoms with Gasteiger partial charge < -0.3 is 0 Å². The monoisotopic (exact) mass is 486 g/mol. The van der Waals surface area contributed by atoms with Crippen molar-refractivity contribution in [1.29, 1.82) is 0 Å². The molecular formula is C24H15BrN4OS. The molecule has 0 aliphatic rings. The van der Waals surface area contributed by atoms with Crippen molar-refractivity contribution in [3.63, 3.8) is 0 Å². The lowest BCUT2D eigenvalue weighted by Crippen LogP contribution is -2.13. The van der Waals surface area contributed by atoms with Gasteiger partial charge in [-0.3, -0.25) is 15.1 Å². The summed E-state index contributed by atoms with van der Waals surface area (Å²) in [6.07, 6.45) is 3.42. The average molecular weight is 487 g/mol. The maximum absolute atomic E-state index is 13.3. The first kappa shape index (κ1) is 19.5. The van der Waals surface area contributed by atoms with Crippen molar-refractivity contribution in [1.82, 2.24) is 15.0 Å². The van der Waals surface area contributed by atoms with Crippen molar-refractivity contribution in [2.24, 2.45) is 0 Å². The molecule has 0 saturated carbocycles. The van der Waals surface area contributed by atoms with Crippen LogP contribution in [0.4, 0.5) is 5.13 Å². The van der Waals surface area contributed by atoms with E-state index in [1.54, 1.807) is 12.4 Å². The minimum Gasteiger partial charge on any atom is -0.298 e. The van der Waals surface area contributed by atoms with E-state index in [1.165, 1.54) is 11.3 Å². The summed E-state index contributed by atoms with van der Waals surface area (Å²) < 4.78 is 0.883. The van der Waals surface area contributed by atoms with Crippen LogP contribution in [0, 0.1) is 0 Å². The van der Waals surface area contributed by atoms with Crippen LogP contribution < -0.4 is 5.32 Å². The number of pyridine rings is 2. The van der Waals surface area contributed by atoms with Crippen LogP contribution in [0.1, 0.15) is 10.4 Å². The Kier molecular flexibility index (Phi) is 5.28. The lowest BCUT2D eigenvalue weighted by molar-refractivity contribution is 0.102. The smallest absolute Gasteiger partial charge is 0.258 e. The zero-order valence-electron chi connectivity index (χ0n) is 16.1. The van der Waals surface area contributed by atoms with Crippen LogP contribution in [0.2, 0.25) is 0 Å². The number of thiazole rings is 1. The SMILES string of the molecule is O=C(Nc1nc(-c2ccccc2)cs1)c1cc(-c2ccncc2)nc2ccc(Br)cc12. The normalized spacial score (nSPS) is 10.9. The van der Waals surface area contributed by atoms with Gasteiger partial charge >= 0.3 is 0 Å². The van der Waals surface area contributed by atoms with Crippen LogP contribution in [0.3, 0.4) is 0 Å². The molecule has 0 unspecified atom stereocenters. The van der Waals surface area contributed by atoms with Crippen LogP contribution in [0.15, 0.2) is 89.0 Å². The quantitative estimate of drug-likeness (QED) is 0.317. The van der Waals surface area contributed by atoms with Crippen LogP contribution in [0.25, 0.3) is 33.4 Å². The minimum atomic E-state index is -0.227. The number of benzene rings is 2. The van der Waals surface area contributed by atoms with Crippen molar-refractivity contribution in [2.75, 3.05) is 5.32 Å². The minimum absolute atomic E-state index is 0.227. The van der Waals surface area contributed by atoms with Crippen LogP contribution in [-0.4, -0.2) is 20.9 Å². The van der Waals surface area contributed by atoms with Crippen molar-refractivity contribution in [3.8, 4) is 22.5 Å². The molecule has 7 heteroatoms. The lowest BCUT2D eigenvalue weighted by atomic mass is 10.0. The second-order valence-electron chi connectivity index (χ2n) is 6.81. The Bertz CT molecular complexity index is 1390. The standard InChI is InChI=1S/C24H15BrN4OS/c25-17-6-7-20-18(12-17)19(13-21(27-20)16-8-10-26-11-9-16)23(30)29-24-28-22(14-31-24)15-4-2-1-3-5-15/h1-14H,(H,28,29,30). The molecule has 5 nitrogen and oxygen atoms in total. The van der Waals surface area contributed by atoms with Crippen LogP contribution in [-0.2, 0) is 0 Å². The summed E-state index contributed by atoms with van der Waals surface area (Å²) in [5.74, 6) is -0.227. The van der Waals surface area contributed by atoms with Gasteiger partial charge in [0.1, 0.15) is 0 Å². The van der Waals surface area contributed by atoms with E-state index in [-0.39, 0.29) is 5.91 Å². The van der Waals surface area contributed by atoms with Crippen molar-refractivity contribution < 1.29 is 4.79 Å². The van der Waals surface area contributed by atoms with Crippen LogP contribution >= 0.6 is 27.3 Å². The maximum atomic E-state index is 13.3. The molecule has 1 amide bonds. The summed E-state index contributed by atoms with van der Waals surface area (Å²) in [5.41, 5.74) is 4.74. The van der Waals surface area contributed by atoms with Gasteiger partial charge in [-0.15, -0.1) is 11.3 Å². The van der Waals surface area contributed by atoms with E-state index in [1.807, 2.05) is 72.1 Å². The molecule has 5 aromatic rings. The molecule has 5 rings (SSSR count). The molecule has 0 atom stereocenters. The van der Waals surface area contributed by atoms with Gasteiger partial charge in [-0.1, -0.05) is 46.3 Å². The van der Waals surface area contributed by atoms with E-state index in [2.05, 4.69) is 31.2 Å². The first-order valence-corrected chi connectivity index (χ1v) is 11.2. The number of carbonyl (C=O) groups is 1. The summed E-state index contributed by atoms with van der Waals surface area (Å²) in [4.78, 5) is 26.7. The molecule has 150 valence electrons. The predicted octanol–water partition coefficient (Wildman–Crippen LogP) is 6.44. The molecule has 2 aromatic carbocycles. The van der Waals surface area contributed by atoms with Gasteiger partial charge in [0.15, 0.2) is 5.13 Å². The van der Waals surface area contributed by atoms with Gasteiger partial charge in [0, 0.05) is 38.8 Å². The van der Waals surface area contributed by atoms with E-state index < -0.39 is 0 Å². The fourth-order valence-electron chi connectivity index (χ4n) is 3.29. The number of hydrogen-bond acceptors (Lipinski definition) is 5. The number of fused-ring (bicyclic) bond motifs is 1. The molecule has 0 fully saturated rings. The van der Waals surface area contributed by atoms with Crippen molar-refractivity contribution in [3.05, 3.63) is 94.5 Å². The van der Waals surface area contributed by atoms with Crippen molar-refractivity contribution in [2.45, 2.75) is 0 Å². The zero-order chi connectivity index (χ0) is 21.2. The Morgan fingerprint density at radius 3 is 2.45 bits per heavy atom.